The number of carbonyl (C=O) groups excluding carboxylic acids is 1. The first-order chi connectivity index (χ1) is 15.2. The highest BCUT2D eigenvalue weighted by atomic mass is 19.1. The molecule has 0 atom stereocenters. The van der Waals surface area contributed by atoms with Crippen LogP contribution in [0.4, 0.5) is 19.3 Å². The minimum absolute atomic E-state index is 0.358. The number of nitrogens with one attached hydrogen (secondary N) is 1. The molecule has 0 unspecified atom stereocenters. The summed E-state index contributed by atoms with van der Waals surface area (Å²) >= 11 is 0. The second-order valence-electron chi connectivity index (χ2n) is 8.26. The molecule has 1 amide bonds. The van der Waals surface area contributed by atoms with Crippen LogP contribution in [0.2, 0.25) is 0 Å². The highest BCUT2D eigenvalue weighted by Gasteiger charge is 2.17. The Labute approximate surface area is 184 Å². The molecule has 1 aromatic heterocycles. The molecule has 0 radical (unpaired) electrons. The molecule has 0 saturated carbocycles. The Balaban J connectivity index is 1.80. The quantitative estimate of drug-likeness (QED) is 0.396. The van der Waals surface area contributed by atoms with Gasteiger partial charge in [-0.15, -0.1) is 0 Å². The van der Waals surface area contributed by atoms with E-state index in [0.29, 0.717) is 39.2 Å². The third-order valence-corrected chi connectivity index (χ3v) is 4.54. The summed E-state index contributed by atoms with van der Waals surface area (Å²) in [7, 11) is 0. The van der Waals surface area contributed by atoms with Crippen LogP contribution < -0.4 is 5.32 Å². The summed E-state index contributed by atoms with van der Waals surface area (Å²) < 4.78 is 32.2. The Morgan fingerprint density at radius 3 is 1.78 bits per heavy atom. The second-order valence-corrected chi connectivity index (χ2v) is 8.26. The van der Waals surface area contributed by atoms with Crippen molar-refractivity contribution in [2.45, 2.75) is 26.4 Å². The Morgan fingerprint density at radius 1 is 0.781 bits per heavy atom. The Morgan fingerprint density at radius 2 is 1.28 bits per heavy atom. The minimum Gasteiger partial charge on any atom is -0.444 e. The molecular formula is C25H21F2N3O2. The van der Waals surface area contributed by atoms with Crippen LogP contribution in [0.5, 0.6) is 0 Å². The Kier molecular flexibility index (Phi) is 5.57. The van der Waals surface area contributed by atoms with Crippen molar-refractivity contribution in [3.8, 4) is 22.5 Å². The van der Waals surface area contributed by atoms with Crippen molar-refractivity contribution in [3.05, 3.63) is 78.4 Å². The van der Waals surface area contributed by atoms with Gasteiger partial charge in [0.25, 0.3) is 0 Å². The van der Waals surface area contributed by atoms with Gasteiger partial charge in [0.1, 0.15) is 17.2 Å². The Hall–Kier alpha value is -3.87. The van der Waals surface area contributed by atoms with Crippen LogP contribution in [-0.2, 0) is 4.74 Å². The van der Waals surface area contributed by atoms with Gasteiger partial charge >= 0.3 is 6.09 Å². The summed E-state index contributed by atoms with van der Waals surface area (Å²) in [5.41, 5.74) is 3.38. The fourth-order valence-corrected chi connectivity index (χ4v) is 3.17. The lowest BCUT2D eigenvalue weighted by molar-refractivity contribution is 0.0636. The van der Waals surface area contributed by atoms with Gasteiger partial charge in [-0.25, -0.2) is 23.5 Å². The predicted octanol–water partition coefficient (Wildman–Crippen LogP) is 6.59. The zero-order valence-corrected chi connectivity index (χ0v) is 17.8. The molecule has 0 bridgehead atoms. The topological polar surface area (TPSA) is 64.1 Å². The van der Waals surface area contributed by atoms with Crippen molar-refractivity contribution in [3.63, 3.8) is 0 Å². The molecule has 5 nitrogen and oxygen atoms in total. The number of ether oxygens (including phenoxy) is 1. The molecular weight excluding hydrogens is 412 g/mol. The predicted molar refractivity (Wildman–Crippen MR) is 120 cm³/mol. The molecule has 0 aliphatic carbocycles. The minimum atomic E-state index is -0.624. The van der Waals surface area contributed by atoms with E-state index in [-0.39, 0.29) is 11.6 Å². The number of aromatic nitrogens is 2. The lowest BCUT2D eigenvalue weighted by Gasteiger charge is -2.19. The number of halogens is 2. The summed E-state index contributed by atoms with van der Waals surface area (Å²) in [6.45, 7) is 5.35. The summed E-state index contributed by atoms with van der Waals surface area (Å²) in [5, 5.41) is 2.69. The van der Waals surface area contributed by atoms with E-state index in [9.17, 15) is 13.6 Å². The van der Waals surface area contributed by atoms with E-state index in [1.807, 2.05) is 0 Å². The first-order valence-electron chi connectivity index (χ1n) is 10.0. The van der Waals surface area contributed by atoms with Gasteiger partial charge in [-0.1, -0.05) is 0 Å². The molecule has 32 heavy (non-hydrogen) atoms. The summed E-state index contributed by atoms with van der Waals surface area (Å²) in [5.74, 6) is -0.724. The Bertz CT molecular complexity index is 1280. The third kappa shape index (κ3) is 4.88. The first kappa shape index (κ1) is 21.4. The molecule has 162 valence electrons. The average molecular weight is 433 g/mol. The molecule has 0 aliphatic rings. The van der Waals surface area contributed by atoms with Gasteiger partial charge in [0.15, 0.2) is 0 Å². The van der Waals surface area contributed by atoms with Gasteiger partial charge in [-0.05, 0) is 87.5 Å². The van der Waals surface area contributed by atoms with Crippen LogP contribution in [0, 0.1) is 11.6 Å². The number of hydrogen-bond acceptors (Lipinski definition) is 4. The van der Waals surface area contributed by atoms with Gasteiger partial charge in [-0.3, -0.25) is 5.32 Å². The molecule has 4 rings (SSSR count). The number of fused-ring (bicyclic) bond motifs is 1. The number of carbonyl (C=O) groups is 1. The highest BCUT2D eigenvalue weighted by Crippen LogP contribution is 2.32. The first-order valence-corrected chi connectivity index (χ1v) is 10.0. The van der Waals surface area contributed by atoms with Gasteiger partial charge in [0, 0.05) is 16.8 Å². The van der Waals surface area contributed by atoms with E-state index in [0.717, 1.165) is 0 Å². The molecule has 3 aromatic carbocycles. The number of anilines is 1. The monoisotopic (exact) mass is 433 g/mol. The van der Waals surface area contributed by atoms with Crippen LogP contribution in [0.25, 0.3) is 33.5 Å². The lowest BCUT2D eigenvalue weighted by Crippen LogP contribution is -2.27. The lowest BCUT2D eigenvalue weighted by atomic mass is 10.0. The van der Waals surface area contributed by atoms with Crippen molar-refractivity contribution >= 4 is 22.8 Å². The third-order valence-electron chi connectivity index (χ3n) is 4.54. The molecule has 7 heteroatoms. The summed E-state index contributed by atoms with van der Waals surface area (Å²) in [6.07, 6.45) is -0.577. The van der Waals surface area contributed by atoms with Crippen molar-refractivity contribution in [2.75, 3.05) is 5.32 Å². The molecule has 4 aromatic rings. The van der Waals surface area contributed by atoms with E-state index >= 15 is 0 Å². The summed E-state index contributed by atoms with van der Waals surface area (Å²) in [4.78, 5) is 21.6. The average Bonchev–Trinajstić information content (AvgIpc) is 2.72. The summed E-state index contributed by atoms with van der Waals surface area (Å²) in [6, 6.07) is 17.0. The highest BCUT2D eigenvalue weighted by molar-refractivity contribution is 5.91. The maximum Gasteiger partial charge on any atom is 0.412 e. The van der Waals surface area contributed by atoms with Gasteiger partial charge < -0.3 is 4.74 Å². The fraction of sp³-hybridized carbons (Fsp3) is 0.160. The van der Waals surface area contributed by atoms with Crippen molar-refractivity contribution in [1.29, 1.82) is 0 Å². The number of hydrogen-bond donors (Lipinski definition) is 1. The molecule has 0 aliphatic heterocycles. The standard InChI is InChI=1S/C25H21F2N3O2/c1-25(2,3)32-24(31)28-19-12-13-20-21(14-19)30-23(16-6-10-18(27)11-7-16)22(29-20)15-4-8-17(26)9-5-15/h4-14H,1-3H3,(H,28,31). The van der Waals surface area contributed by atoms with E-state index in [1.54, 1.807) is 63.2 Å². The second kappa shape index (κ2) is 8.34. The van der Waals surface area contributed by atoms with E-state index < -0.39 is 11.7 Å². The maximum atomic E-state index is 13.5. The largest absolute Gasteiger partial charge is 0.444 e. The van der Waals surface area contributed by atoms with E-state index in [2.05, 4.69) is 5.32 Å². The maximum absolute atomic E-state index is 13.5. The normalized spacial score (nSPS) is 11.4. The number of amides is 1. The number of benzene rings is 3. The molecule has 1 heterocycles. The van der Waals surface area contributed by atoms with Gasteiger partial charge in [0.2, 0.25) is 0 Å². The molecule has 0 saturated heterocycles. The van der Waals surface area contributed by atoms with E-state index in [1.165, 1.54) is 24.3 Å². The van der Waals surface area contributed by atoms with Crippen molar-refractivity contribution in [1.82, 2.24) is 9.97 Å². The van der Waals surface area contributed by atoms with Crippen molar-refractivity contribution in [2.24, 2.45) is 0 Å². The van der Waals surface area contributed by atoms with Gasteiger partial charge in [0.05, 0.1) is 22.4 Å². The zero-order chi connectivity index (χ0) is 22.9. The van der Waals surface area contributed by atoms with Crippen LogP contribution in [0.1, 0.15) is 20.8 Å². The van der Waals surface area contributed by atoms with Crippen LogP contribution in [-0.4, -0.2) is 21.7 Å². The van der Waals surface area contributed by atoms with Gasteiger partial charge in [-0.2, -0.15) is 0 Å². The number of nitrogens with zero attached hydrogens (tertiary/aromatic N) is 2. The fourth-order valence-electron chi connectivity index (χ4n) is 3.17. The smallest absolute Gasteiger partial charge is 0.412 e. The van der Waals surface area contributed by atoms with E-state index in [4.69, 9.17) is 14.7 Å². The van der Waals surface area contributed by atoms with Crippen LogP contribution in [0.3, 0.4) is 0 Å². The SMILES string of the molecule is CC(C)(C)OC(=O)Nc1ccc2nc(-c3ccc(F)cc3)c(-c3ccc(F)cc3)nc2c1. The van der Waals surface area contributed by atoms with Crippen LogP contribution in [0.15, 0.2) is 66.7 Å². The molecule has 1 N–H and O–H groups in total. The molecule has 0 spiro atoms. The zero-order valence-electron chi connectivity index (χ0n) is 17.8. The molecule has 0 fully saturated rings. The number of rotatable bonds is 3. The van der Waals surface area contributed by atoms with Crippen molar-refractivity contribution < 1.29 is 18.3 Å². The van der Waals surface area contributed by atoms with Crippen LogP contribution >= 0.6 is 0 Å².